The van der Waals surface area contributed by atoms with Gasteiger partial charge in [-0.15, -0.1) is 0 Å². The highest BCUT2D eigenvalue weighted by Gasteiger charge is 2.24. The molecular formula is C26H31N3O3S. The first-order valence-corrected chi connectivity index (χ1v) is 12.4. The molecule has 3 aromatic rings. The molecule has 1 fully saturated rings. The number of hydrogen-bond donors (Lipinski definition) is 1. The van der Waals surface area contributed by atoms with Crippen LogP contribution in [0.25, 0.3) is 10.9 Å². The summed E-state index contributed by atoms with van der Waals surface area (Å²) < 4.78 is 7.46. The molecule has 0 radical (unpaired) electrons. The topological polar surface area (TPSA) is 73.2 Å². The van der Waals surface area contributed by atoms with E-state index in [1.165, 1.54) is 11.8 Å². The number of amides is 1. The largest absolute Gasteiger partial charge is 0.376 e. The monoisotopic (exact) mass is 465 g/mol. The molecule has 4 rings (SSSR count). The fourth-order valence-electron chi connectivity index (χ4n) is 4.17. The van der Waals surface area contributed by atoms with Gasteiger partial charge in [-0.25, -0.2) is 4.98 Å². The lowest BCUT2D eigenvalue weighted by Crippen LogP contribution is -2.30. The molecule has 0 saturated carbocycles. The number of aryl methyl sites for hydroxylation is 1. The summed E-state index contributed by atoms with van der Waals surface area (Å²) in [6, 6.07) is 13.4. The number of hydrogen-bond acceptors (Lipinski definition) is 5. The molecule has 1 aromatic heterocycles. The van der Waals surface area contributed by atoms with E-state index >= 15 is 0 Å². The summed E-state index contributed by atoms with van der Waals surface area (Å²) in [4.78, 5) is 31.2. The third kappa shape index (κ3) is 5.14. The van der Waals surface area contributed by atoms with E-state index in [-0.39, 0.29) is 17.6 Å². The Morgan fingerprint density at radius 1 is 1.21 bits per heavy atom. The Hall–Kier alpha value is -2.64. The van der Waals surface area contributed by atoms with E-state index in [0.29, 0.717) is 28.5 Å². The predicted molar refractivity (Wildman–Crippen MR) is 134 cm³/mol. The average molecular weight is 466 g/mol. The summed E-state index contributed by atoms with van der Waals surface area (Å²) in [5.41, 5.74) is 3.56. The third-order valence-electron chi connectivity index (χ3n) is 6.06. The van der Waals surface area contributed by atoms with Crippen molar-refractivity contribution in [3.63, 3.8) is 0 Å². The number of ether oxygens (including phenoxy) is 1. The van der Waals surface area contributed by atoms with Crippen molar-refractivity contribution in [2.24, 2.45) is 0 Å². The van der Waals surface area contributed by atoms with Crippen molar-refractivity contribution in [2.75, 3.05) is 11.9 Å². The van der Waals surface area contributed by atoms with Crippen LogP contribution in [0.2, 0.25) is 0 Å². The first-order chi connectivity index (χ1) is 15.8. The van der Waals surface area contributed by atoms with Gasteiger partial charge in [0.05, 0.1) is 28.8 Å². The number of thioether (sulfide) groups is 1. The second kappa shape index (κ2) is 10.1. The minimum Gasteiger partial charge on any atom is -0.376 e. The Morgan fingerprint density at radius 2 is 2.00 bits per heavy atom. The number of benzene rings is 2. The molecule has 174 valence electrons. The number of aromatic nitrogens is 2. The molecule has 0 bridgehead atoms. The number of nitrogens with zero attached hydrogens (tertiary/aromatic N) is 2. The van der Waals surface area contributed by atoms with Gasteiger partial charge in [-0.3, -0.25) is 14.2 Å². The van der Waals surface area contributed by atoms with Gasteiger partial charge in [-0.2, -0.15) is 0 Å². The van der Waals surface area contributed by atoms with Gasteiger partial charge in [-0.05, 0) is 55.9 Å². The highest BCUT2D eigenvalue weighted by atomic mass is 32.2. The zero-order valence-electron chi connectivity index (χ0n) is 19.6. The van der Waals surface area contributed by atoms with Crippen molar-refractivity contribution in [1.29, 1.82) is 0 Å². The van der Waals surface area contributed by atoms with Crippen LogP contribution in [0.3, 0.4) is 0 Å². The van der Waals surface area contributed by atoms with Gasteiger partial charge in [0.25, 0.3) is 5.56 Å². The number of carbonyl (C=O) groups is 1. The van der Waals surface area contributed by atoms with Crippen molar-refractivity contribution in [3.8, 4) is 0 Å². The molecule has 6 nitrogen and oxygen atoms in total. The maximum absolute atomic E-state index is 13.3. The Balaban J connectivity index is 1.63. The van der Waals surface area contributed by atoms with Crippen LogP contribution in [0.4, 0.5) is 5.69 Å². The smallest absolute Gasteiger partial charge is 0.262 e. The highest BCUT2D eigenvalue weighted by Crippen LogP contribution is 2.30. The lowest BCUT2D eigenvalue weighted by atomic mass is 9.98. The van der Waals surface area contributed by atoms with Crippen LogP contribution in [0, 0.1) is 6.92 Å². The van der Waals surface area contributed by atoms with Crippen LogP contribution in [0.1, 0.15) is 50.7 Å². The minimum atomic E-state index is -0.437. The molecular weight excluding hydrogens is 434 g/mol. The number of anilines is 1. The minimum absolute atomic E-state index is 0.00490. The standard InChI is InChI=1S/C26H31N3O3S/c1-16(2)20-12-7-9-17(3)23(20)28-24(30)18(4)33-26-27-22-13-6-5-11-21(22)25(31)29(26)15-19-10-8-14-32-19/h5-7,9,11-13,16,18-19H,8,10,14-15H2,1-4H3,(H,28,30). The lowest BCUT2D eigenvalue weighted by Gasteiger charge is -2.20. The Morgan fingerprint density at radius 3 is 2.73 bits per heavy atom. The van der Waals surface area contributed by atoms with E-state index in [1.807, 2.05) is 44.2 Å². The van der Waals surface area contributed by atoms with Crippen molar-refractivity contribution < 1.29 is 9.53 Å². The van der Waals surface area contributed by atoms with Crippen molar-refractivity contribution in [2.45, 2.75) is 69.5 Å². The van der Waals surface area contributed by atoms with Crippen LogP contribution in [-0.2, 0) is 16.1 Å². The first-order valence-electron chi connectivity index (χ1n) is 11.5. The fraction of sp³-hybridized carbons (Fsp3) is 0.423. The zero-order chi connectivity index (χ0) is 23.5. The fourth-order valence-corrected chi connectivity index (χ4v) is 5.09. The summed E-state index contributed by atoms with van der Waals surface area (Å²) in [5.74, 6) is 0.184. The maximum Gasteiger partial charge on any atom is 0.262 e. The van der Waals surface area contributed by atoms with Crippen LogP contribution in [-0.4, -0.2) is 33.4 Å². The van der Waals surface area contributed by atoms with Gasteiger partial charge in [0, 0.05) is 12.3 Å². The Labute approximate surface area is 198 Å². The molecule has 2 unspecified atom stereocenters. The molecule has 1 amide bonds. The number of carbonyl (C=O) groups excluding carboxylic acids is 1. The predicted octanol–water partition coefficient (Wildman–Crippen LogP) is 5.13. The van der Waals surface area contributed by atoms with E-state index in [4.69, 9.17) is 9.72 Å². The van der Waals surface area contributed by atoms with E-state index in [9.17, 15) is 9.59 Å². The van der Waals surface area contributed by atoms with Crippen LogP contribution in [0.5, 0.6) is 0 Å². The molecule has 7 heteroatoms. The third-order valence-corrected chi connectivity index (χ3v) is 7.15. The Bertz CT molecular complexity index is 1220. The second-order valence-electron chi connectivity index (χ2n) is 8.91. The van der Waals surface area contributed by atoms with Gasteiger partial charge in [0.15, 0.2) is 5.16 Å². The second-order valence-corrected chi connectivity index (χ2v) is 10.2. The van der Waals surface area contributed by atoms with E-state index < -0.39 is 5.25 Å². The maximum atomic E-state index is 13.3. The molecule has 2 aromatic carbocycles. The number of rotatable bonds is 7. The van der Waals surface area contributed by atoms with Crippen molar-refractivity contribution >= 4 is 34.3 Å². The quantitative estimate of drug-likeness (QED) is 0.387. The molecule has 0 spiro atoms. The zero-order valence-corrected chi connectivity index (χ0v) is 20.4. The first kappa shape index (κ1) is 23.5. The SMILES string of the molecule is Cc1cccc(C(C)C)c1NC(=O)C(C)Sc1nc2ccccc2c(=O)n1CC1CCCO1. The number of fused-ring (bicyclic) bond motifs is 1. The van der Waals surface area contributed by atoms with Gasteiger partial charge in [-0.1, -0.05) is 55.9 Å². The van der Waals surface area contributed by atoms with Crippen molar-refractivity contribution in [3.05, 3.63) is 63.9 Å². The average Bonchev–Trinajstić information content (AvgIpc) is 3.30. The summed E-state index contributed by atoms with van der Waals surface area (Å²) in [7, 11) is 0. The summed E-state index contributed by atoms with van der Waals surface area (Å²) >= 11 is 1.31. The van der Waals surface area contributed by atoms with E-state index in [0.717, 1.165) is 36.3 Å². The molecule has 1 aliphatic rings. The van der Waals surface area contributed by atoms with Crippen LogP contribution < -0.4 is 10.9 Å². The van der Waals surface area contributed by atoms with Gasteiger partial charge >= 0.3 is 0 Å². The number of nitrogens with one attached hydrogen (secondary N) is 1. The number of para-hydroxylation sites is 2. The normalized spacial score (nSPS) is 16.9. The highest BCUT2D eigenvalue weighted by molar-refractivity contribution is 8.00. The summed E-state index contributed by atoms with van der Waals surface area (Å²) in [5, 5.41) is 3.82. The molecule has 2 heterocycles. The van der Waals surface area contributed by atoms with Gasteiger partial charge < -0.3 is 10.1 Å². The van der Waals surface area contributed by atoms with Gasteiger partial charge in [0.2, 0.25) is 5.91 Å². The Kier molecular flexibility index (Phi) is 7.20. The van der Waals surface area contributed by atoms with Gasteiger partial charge in [0.1, 0.15) is 0 Å². The van der Waals surface area contributed by atoms with E-state index in [2.05, 4.69) is 25.2 Å². The van der Waals surface area contributed by atoms with Crippen molar-refractivity contribution in [1.82, 2.24) is 9.55 Å². The molecule has 33 heavy (non-hydrogen) atoms. The van der Waals surface area contributed by atoms with Crippen LogP contribution in [0.15, 0.2) is 52.4 Å². The van der Waals surface area contributed by atoms with Crippen LogP contribution >= 0.6 is 11.8 Å². The summed E-state index contributed by atoms with van der Waals surface area (Å²) in [6.45, 7) is 9.25. The molecule has 1 saturated heterocycles. The molecule has 2 atom stereocenters. The molecule has 0 aliphatic carbocycles. The molecule has 1 N–H and O–H groups in total. The summed E-state index contributed by atoms with van der Waals surface area (Å²) in [6.07, 6.45) is 1.91. The molecule has 1 aliphatic heterocycles. The lowest BCUT2D eigenvalue weighted by molar-refractivity contribution is -0.115. The van der Waals surface area contributed by atoms with E-state index in [1.54, 1.807) is 10.6 Å².